The van der Waals surface area contributed by atoms with E-state index in [1.165, 1.54) is 11.9 Å². The molecule has 8 nitrogen and oxygen atoms in total. The SMILES string of the molecule is O=C(O)CCOc1ccc2c(c1)N(c1cc(-n3cncn3)c3cc(Cl)c(Br)cc3n1)CC2. The van der Waals surface area contributed by atoms with Crippen LogP contribution in [-0.4, -0.2) is 44.0 Å². The molecule has 0 radical (unpaired) electrons. The predicted octanol–water partition coefficient (Wildman–Crippen LogP) is 4.78. The molecule has 32 heavy (non-hydrogen) atoms. The number of anilines is 2. The second-order valence-corrected chi connectivity index (χ2v) is 8.57. The first-order chi connectivity index (χ1) is 15.5. The minimum atomic E-state index is -0.889. The number of fused-ring (bicyclic) bond motifs is 2. The van der Waals surface area contributed by atoms with Crippen LogP contribution < -0.4 is 9.64 Å². The molecular formula is C22H17BrClN5O3. The number of benzene rings is 2. The van der Waals surface area contributed by atoms with Crippen LogP contribution >= 0.6 is 27.5 Å². The van der Waals surface area contributed by atoms with Crippen LogP contribution in [0.25, 0.3) is 16.6 Å². The first-order valence-corrected chi connectivity index (χ1v) is 11.1. The van der Waals surface area contributed by atoms with Gasteiger partial charge in [-0.1, -0.05) is 17.7 Å². The molecule has 0 atom stereocenters. The Morgan fingerprint density at radius 1 is 1.22 bits per heavy atom. The molecule has 3 heterocycles. The standard InChI is InChI=1S/C22H17BrClN5O3/c23-16-9-18-15(8-17(16)24)20(29-12-25-11-26-29)10-21(27-18)28-5-3-13-1-2-14(7-19(13)28)32-6-4-22(30)31/h1-2,7-12H,3-6H2,(H,30,31). The van der Waals surface area contributed by atoms with Gasteiger partial charge in [-0.15, -0.1) is 0 Å². The van der Waals surface area contributed by atoms with Crippen molar-refractivity contribution in [2.75, 3.05) is 18.1 Å². The van der Waals surface area contributed by atoms with Crippen LogP contribution in [0.5, 0.6) is 5.75 Å². The van der Waals surface area contributed by atoms with E-state index < -0.39 is 5.97 Å². The van der Waals surface area contributed by atoms with Crippen molar-refractivity contribution in [3.63, 3.8) is 0 Å². The monoisotopic (exact) mass is 513 g/mol. The Morgan fingerprint density at radius 3 is 2.88 bits per heavy atom. The van der Waals surface area contributed by atoms with Gasteiger partial charge in [0.2, 0.25) is 0 Å². The molecule has 2 aromatic carbocycles. The Kier molecular flexibility index (Phi) is 5.44. The van der Waals surface area contributed by atoms with Crippen LogP contribution in [0.3, 0.4) is 0 Å². The van der Waals surface area contributed by atoms with Crippen LogP contribution in [0.2, 0.25) is 5.02 Å². The van der Waals surface area contributed by atoms with E-state index in [2.05, 4.69) is 30.9 Å². The number of nitrogens with zero attached hydrogens (tertiary/aromatic N) is 5. The van der Waals surface area contributed by atoms with E-state index >= 15 is 0 Å². The Morgan fingerprint density at radius 2 is 2.09 bits per heavy atom. The first kappa shape index (κ1) is 20.7. The lowest BCUT2D eigenvalue weighted by atomic mass is 10.1. The number of aromatic nitrogens is 4. The van der Waals surface area contributed by atoms with E-state index in [0.29, 0.717) is 10.8 Å². The van der Waals surface area contributed by atoms with Crippen molar-refractivity contribution < 1.29 is 14.6 Å². The highest BCUT2D eigenvalue weighted by molar-refractivity contribution is 9.10. The molecule has 4 aromatic rings. The van der Waals surface area contributed by atoms with E-state index in [-0.39, 0.29) is 13.0 Å². The number of ether oxygens (including phenoxy) is 1. The van der Waals surface area contributed by atoms with Crippen molar-refractivity contribution in [1.82, 2.24) is 19.7 Å². The summed E-state index contributed by atoms with van der Waals surface area (Å²) in [5, 5.41) is 14.6. The van der Waals surface area contributed by atoms with Crippen molar-refractivity contribution in [1.29, 1.82) is 0 Å². The Labute approximate surface area is 196 Å². The lowest BCUT2D eigenvalue weighted by Gasteiger charge is -2.21. The molecule has 1 N–H and O–H groups in total. The fraction of sp³-hybridized carbons (Fsp3) is 0.182. The predicted molar refractivity (Wildman–Crippen MR) is 124 cm³/mol. The van der Waals surface area contributed by atoms with Gasteiger partial charge < -0.3 is 14.7 Å². The minimum Gasteiger partial charge on any atom is -0.493 e. The average molecular weight is 515 g/mol. The summed E-state index contributed by atoms with van der Waals surface area (Å²) in [5.74, 6) is 0.502. The van der Waals surface area contributed by atoms with Gasteiger partial charge >= 0.3 is 5.97 Å². The molecule has 2 aromatic heterocycles. The van der Waals surface area contributed by atoms with Gasteiger partial charge in [0.05, 0.1) is 29.3 Å². The molecule has 1 aliphatic heterocycles. The normalized spacial score (nSPS) is 12.9. The fourth-order valence-electron chi connectivity index (χ4n) is 3.79. The summed E-state index contributed by atoms with van der Waals surface area (Å²) in [7, 11) is 0. The highest BCUT2D eigenvalue weighted by Crippen LogP contribution is 2.39. The van der Waals surface area contributed by atoms with Crippen LogP contribution in [0.15, 0.2) is 53.5 Å². The largest absolute Gasteiger partial charge is 0.493 e. The van der Waals surface area contributed by atoms with Gasteiger partial charge in [0.25, 0.3) is 0 Å². The molecule has 0 spiro atoms. The number of hydrogen-bond donors (Lipinski definition) is 1. The number of carboxylic acids is 1. The summed E-state index contributed by atoms with van der Waals surface area (Å²) in [4.78, 5) is 21.9. The molecule has 0 fully saturated rings. The maximum absolute atomic E-state index is 10.8. The summed E-state index contributed by atoms with van der Waals surface area (Å²) < 4.78 is 8.09. The van der Waals surface area contributed by atoms with Gasteiger partial charge in [-0.05, 0) is 46.1 Å². The van der Waals surface area contributed by atoms with Gasteiger partial charge in [0, 0.05) is 34.2 Å². The highest BCUT2D eigenvalue weighted by Gasteiger charge is 2.24. The molecule has 0 saturated carbocycles. The third-order valence-corrected chi connectivity index (χ3v) is 6.49. The van der Waals surface area contributed by atoms with Gasteiger partial charge in [-0.2, -0.15) is 5.10 Å². The van der Waals surface area contributed by atoms with Gasteiger partial charge in [0.15, 0.2) is 0 Å². The number of aliphatic carboxylic acids is 1. The lowest BCUT2D eigenvalue weighted by molar-refractivity contribution is -0.137. The van der Waals surface area contributed by atoms with E-state index in [9.17, 15) is 4.79 Å². The molecule has 1 aliphatic rings. The van der Waals surface area contributed by atoms with E-state index in [1.54, 1.807) is 11.0 Å². The zero-order valence-electron chi connectivity index (χ0n) is 16.7. The topological polar surface area (TPSA) is 93.4 Å². The molecular weight excluding hydrogens is 498 g/mol. The number of hydrogen-bond acceptors (Lipinski definition) is 6. The highest BCUT2D eigenvalue weighted by atomic mass is 79.9. The summed E-state index contributed by atoms with van der Waals surface area (Å²) in [6.07, 6.45) is 3.94. The van der Waals surface area contributed by atoms with E-state index in [0.717, 1.165) is 45.5 Å². The second kappa shape index (κ2) is 8.40. The maximum Gasteiger partial charge on any atom is 0.306 e. The quantitative estimate of drug-likeness (QED) is 0.396. The number of carbonyl (C=O) groups is 1. The second-order valence-electron chi connectivity index (χ2n) is 7.31. The molecule has 5 rings (SSSR count). The summed E-state index contributed by atoms with van der Waals surface area (Å²) in [6.45, 7) is 0.881. The van der Waals surface area contributed by atoms with Crippen molar-refractivity contribution >= 4 is 55.9 Å². The van der Waals surface area contributed by atoms with Crippen LogP contribution in [0, 0.1) is 0 Å². The zero-order valence-corrected chi connectivity index (χ0v) is 19.0. The minimum absolute atomic E-state index is 0.0499. The molecule has 0 aliphatic carbocycles. The smallest absolute Gasteiger partial charge is 0.306 e. The van der Waals surface area contributed by atoms with Gasteiger partial charge in [-0.25, -0.2) is 14.6 Å². The first-order valence-electron chi connectivity index (χ1n) is 9.89. The van der Waals surface area contributed by atoms with E-state index in [1.807, 2.05) is 36.4 Å². The Balaban J connectivity index is 1.58. The van der Waals surface area contributed by atoms with Crippen LogP contribution in [0.1, 0.15) is 12.0 Å². The Bertz CT molecular complexity index is 1330. The molecule has 162 valence electrons. The van der Waals surface area contributed by atoms with Gasteiger partial charge in [-0.3, -0.25) is 4.79 Å². The van der Waals surface area contributed by atoms with Crippen LogP contribution in [0.4, 0.5) is 11.5 Å². The average Bonchev–Trinajstić information content (AvgIpc) is 3.43. The van der Waals surface area contributed by atoms with Crippen LogP contribution in [-0.2, 0) is 11.2 Å². The zero-order chi connectivity index (χ0) is 22.2. The maximum atomic E-state index is 10.8. The number of carboxylic acid groups (broad SMARTS) is 1. The van der Waals surface area contributed by atoms with E-state index in [4.69, 9.17) is 26.4 Å². The fourth-order valence-corrected chi connectivity index (χ4v) is 4.29. The van der Waals surface area contributed by atoms with Crippen molar-refractivity contribution in [3.05, 3.63) is 64.1 Å². The van der Waals surface area contributed by atoms with Crippen molar-refractivity contribution in [2.24, 2.45) is 0 Å². The van der Waals surface area contributed by atoms with Crippen molar-refractivity contribution in [2.45, 2.75) is 12.8 Å². The number of rotatable bonds is 6. The molecule has 0 unspecified atom stereocenters. The number of pyridine rings is 1. The molecule has 0 saturated heterocycles. The molecule has 10 heteroatoms. The third-order valence-electron chi connectivity index (χ3n) is 5.29. The summed E-state index contributed by atoms with van der Waals surface area (Å²) in [6, 6.07) is 11.5. The van der Waals surface area contributed by atoms with Crippen molar-refractivity contribution in [3.8, 4) is 11.4 Å². The summed E-state index contributed by atoms with van der Waals surface area (Å²) >= 11 is 9.84. The number of halogens is 2. The van der Waals surface area contributed by atoms with Gasteiger partial charge in [0.1, 0.15) is 24.2 Å². The Hall–Kier alpha value is -3.17. The molecule has 0 bridgehead atoms. The third kappa shape index (κ3) is 3.89. The summed E-state index contributed by atoms with van der Waals surface area (Å²) in [5.41, 5.74) is 3.75. The molecule has 0 amide bonds. The lowest BCUT2D eigenvalue weighted by Crippen LogP contribution is -2.16.